The Balaban J connectivity index is 2.18. The monoisotopic (exact) mass is 290 g/mol. The van der Waals surface area contributed by atoms with E-state index in [1.807, 2.05) is 0 Å². The van der Waals surface area contributed by atoms with Gasteiger partial charge in [0.05, 0.1) is 11.8 Å². The van der Waals surface area contributed by atoms with Crippen molar-refractivity contribution < 1.29 is 18.0 Å². The van der Waals surface area contributed by atoms with Crippen LogP contribution in [0, 0.1) is 0 Å². The number of carbonyl (C=O) groups excluding carboxylic acids is 1. The SMILES string of the molecule is Cn1cc(C(=O)N(CC(F)(F)F)C2CCNCC2)cn1. The number of aryl methyl sites for hydroxylation is 1. The first-order valence-electron chi connectivity index (χ1n) is 6.44. The Morgan fingerprint density at radius 3 is 2.65 bits per heavy atom. The third kappa shape index (κ3) is 3.72. The normalized spacial score (nSPS) is 17.2. The second-order valence-electron chi connectivity index (χ2n) is 4.93. The first-order chi connectivity index (χ1) is 9.37. The fourth-order valence-electron chi connectivity index (χ4n) is 2.38. The van der Waals surface area contributed by atoms with E-state index in [2.05, 4.69) is 10.4 Å². The van der Waals surface area contributed by atoms with Gasteiger partial charge in [-0.2, -0.15) is 18.3 Å². The molecule has 0 saturated carbocycles. The highest BCUT2D eigenvalue weighted by Crippen LogP contribution is 2.23. The lowest BCUT2D eigenvalue weighted by atomic mass is 10.0. The second kappa shape index (κ2) is 5.82. The first-order valence-corrected chi connectivity index (χ1v) is 6.44. The predicted molar refractivity (Wildman–Crippen MR) is 66.2 cm³/mol. The Hall–Kier alpha value is -1.57. The van der Waals surface area contributed by atoms with E-state index in [-0.39, 0.29) is 11.6 Å². The van der Waals surface area contributed by atoms with Crippen LogP contribution in [-0.4, -0.2) is 52.4 Å². The number of rotatable bonds is 3. The van der Waals surface area contributed by atoms with Gasteiger partial charge in [-0.15, -0.1) is 0 Å². The summed E-state index contributed by atoms with van der Waals surface area (Å²) < 4.78 is 39.5. The molecule has 0 radical (unpaired) electrons. The smallest absolute Gasteiger partial charge is 0.326 e. The molecule has 1 saturated heterocycles. The maximum Gasteiger partial charge on any atom is 0.406 e. The third-order valence-corrected chi connectivity index (χ3v) is 3.31. The maximum absolute atomic E-state index is 12.7. The summed E-state index contributed by atoms with van der Waals surface area (Å²) in [4.78, 5) is 13.2. The molecule has 8 heteroatoms. The van der Waals surface area contributed by atoms with Gasteiger partial charge in [0.1, 0.15) is 6.54 Å². The first kappa shape index (κ1) is 14.8. The van der Waals surface area contributed by atoms with Crippen LogP contribution in [0.25, 0.3) is 0 Å². The Kier molecular flexibility index (Phi) is 4.32. The highest BCUT2D eigenvalue weighted by Gasteiger charge is 2.37. The number of halogens is 3. The second-order valence-corrected chi connectivity index (χ2v) is 4.93. The Morgan fingerprint density at radius 2 is 2.15 bits per heavy atom. The fourth-order valence-corrected chi connectivity index (χ4v) is 2.38. The molecule has 0 aliphatic carbocycles. The van der Waals surface area contributed by atoms with Gasteiger partial charge in [-0.05, 0) is 25.9 Å². The molecule has 0 bridgehead atoms. The summed E-state index contributed by atoms with van der Waals surface area (Å²) in [5, 5.41) is 6.92. The van der Waals surface area contributed by atoms with E-state index >= 15 is 0 Å². The molecule has 112 valence electrons. The Labute approximate surface area is 114 Å². The van der Waals surface area contributed by atoms with Crippen LogP contribution >= 0.6 is 0 Å². The number of nitrogens with zero attached hydrogens (tertiary/aromatic N) is 3. The van der Waals surface area contributed by atoms with Gasteiger partial charge in [-0.3, -0.25) is 9.48 Å². The largest absolute Gasteiger partial charge is 0.406 e. The summed E-state index contributed by atoms with van der Waals surface area (Å²) in [6.45, 7) is 0.0318. The number of hydrogen-bond acceptors (Lipinski definition) is 3. The number of aromatic nitrogens is 2. The quantitative estimate of drug-likeness (QED) is 0.909. The number of hydrogen-bond donors (Lipinski definition) is 1. The van der Waals surface area contributed by atoms with Crippen molar-refractivity contribution in [1.29, 1.82) is 0 Å². The van der Waals surface area contributed by atoms with Gasteiger partial charge in [0.2, 0.25) is 0 Å². The highest BCUT2D eigenvalue weighted by molar-refractivity contribution is 5.94. The van der Waals surface area contributed by atoms with Crippen LogP contribution in [-0.2, 0) is 7.05 Å². The molecule has 1 fully saturated rings. The Bertz CT molecular complexity index is 466. The minimum atomic E-state index is -4.40. The van der Waals surface area contributed by atoms with E-state index in [1.54, 1.807) is 7.05 Å². The van der Waals surface area contributed by atoms with Crippen LogP contribution in [0.15, 0.2) is 12.4 Å². The lowest BCUT2D eigenvalue weighted by molar-refractivity contribution is -0.145. The van der Waals surface area contributed by atoms with Gasteiger partial charge in [-0.1, -0.05) is 0 Å². The van der Waals surface area contributed by atoms with Crippen molar-refractivity contribution >= 4 is 5.91 Å². The molecule has 1 amide bonds. The van der Waals surface area contributed by atoms with Crippen LogP contribution in [0.1, 0.15) is 23.2 Å². The highest BCUT2D eigenvalue weighted by atomic mass is 19.4. The van der Waals surface area contributed by atoms with Crippen LogP contribution in [0.5, 0.6) is 0 Å². The van der Waals surface area contributed by atoms with Crippen LogP contribution in [0.3, 0.4) is 0 Å². The molecule has 2 rings (SSSR count). The third-order valence-electron chi connectivity index (χ3n) is 3.31. The van der Waals surface area contributed by atoms with Crippen molar-refractivity contribution in [1.82, 2.24) is 20.0 Å². The number of carbonyl (C=O) groups is 1. The molecule has 1 aliphatic heterocycles. The summed E-state index contributed by atoms with van der Waals surface area (Å²) in [6, 6.07) is -0.384. The van der Waals surface area contributed by atoms with E-state index in [1.165, 1.54) is 17.1 Å². The molecule has 0 atom stereocenters. The lowest BCUT2D eigenvalue weighted by Crippen LogP contribution is -2.49. The molecule has 2 heterocycles. The molecular weight excluding hydrogens is 273 g/mol. The van der Waals surface area contributed by atoms with Crippen molar-refractivity contribution in [3.05, 3.63) is 18.0 Å². The maximum atomic E-state index is 12.7. The molecule has 0 spiro atoms. The molecule has 0 unspecified atom stereocenters. The minimum absolute atomic E-state index is 0.190. The fraction of sp³-hybridized carbons (Fsp3) is 0.667. The zero-order valence-corrected chi connectivity index (χ0v) is 11.2. The van der Waals surface area contributed by atoms with Crippen molar-refractivity contribution in [2.75, 3.05) is 19.6 Å². The van der Waals surface area contributed by atoms with E-state index in [0.717, 1.165) is 4.90 Å². The van der Waals surface area contributed by atoms with E-state index in [4.69, 9.17) is 0 Å². The summed E-state index contributed by atoms with van der Waals surface area (Å²) >= 11 is 0. The van der Waals surface area contributed by atoms with E-state index in [0.29, 0.717) is 25.9 Å². The van der Waals surface area contributed by atoms with Crippen molar-refractivity contribution in [2.45, 2.75) is 25.1 Å². The van der Waals surface area contributed by atoms with E-state index < -0.39 is 18.6 Å². The summed E-state index contributed by atoms with van der Waals surface area (Å²) in [7, 11) is 1.62. The van der Waals surface area contributed by atoms with Crippen LogP contribution in [0.2, 0.25) is 0 Å². The van der Waals surface area contributed by atoms with Gasteiger partial charge in [0.15, 0.2) is 0 Å². The number of amides is 1. The molecule has 1 aromatic heterocycles. The summed E-state index contributed by atoms with van der Waals surface area (Å²) in [6.07, 6.45) is -0.605. The molecule has 1 aromatic rings. The van der Waals surface area contributed by atoms with Crippen molar-refractivity contribution in [3.8, 4) is 0 Å². The van der Waals surface area contributed by atoms with Gasteiger partial charge in [-0.25, -0.2) is 0 Å². The van der Waals surface area contributed by atoms with Gasteiger partial charge >= 0.3 is 6.18 Å². The van der Waals surface area contributed by atoms with Crippen LogP contribution in [0.4, 0.5) is 13.2 Å². The number of nitrogens with one attached hydrogen (secondary N) is 1. The topological polar surface area (TPSA) is 50.2 Å². The zero-order chi connectivity index (χ0) is 14.8. The van der Waals surface area contributed by atoms with Crippen molar-refractivity contribution in [3.63, 3.8) is 0 Å². The summed E-state index contributed by atoms with van der Waals surface area (Å²) in [5.41, 5.74) is 0.190. The molecule has 1 N–H and O–H groups in total. The van der Waals surface area contributed by atoms with Gasteiger partial charge in [0.25, 0.3) is 5.91 Å². The summed E-state index contributed by atoms with van der Waals surface area (Å²) in [5.74, 6) is -0.609. The minimum Gasteiger partial charge on any atom is -0.326 e. The van der Waals surface area contributed by atoms with E-state index in [9.17, 15) is 18.0 Å². The standard InChI is InChI=1S/C12H17F3N4O/c1-18-7-9(6-17-18)11(20)19(8-12(13,14)15)10-2-4-16-5-3-10/h6-7,10,16H,2-5,8H2,1H3. The average molecular weight is 290 g/mol. The predicted octanol–water partition coefficient (Wildman–Crippen LogP) is 1.18. The van der Waals surface area contributed by atoms with Gasteiger partial charge < -0.3 is 10.2 Å². The molecule has 1 aliphatic rings. The number of alkyl halides is 3. The van der Waals surface area contributed by atoms with Crippen LogP contribution < -0.4 is 5.32 Å². The molecule has 5 nitrogen and oxygen atoms in total. The molecule has 0 aromatic carbocycles. The molecular formula is C12H17F3N4O. The zero-order valence-electron chi connectivity index (χ0n) is 11.2. The van der Waals surface area contributed by atoms with Gasteiger partial charge in [0, 0.05) is 19.3 Å². The Morgan fingerprint density at radius 1 is 1.50 bits per heavy atom. The van der Waals surface area contributed by atoms with Crippen molar-refractivity contribution in [2.24, 2.45) is 7.05 Å². The molecule has 20 heavy (non-hydrogen) atoms. The average Bonchev–Trinajstić information content (AvgIpc) is 2.82. The lowest BCUT2D eigenvalue weighted by Gasteiger charge is -2.34. The number of piperidine rings is 1.